The van der Waals surface area contributed by atoms with Crippen molar-refractivity contribution in [1.29, 1.82) is 0 Å². The minimum atomic E-state index is -1.32. The van der Waals surface area contributed by atoms with Crippen LogP contribution in [-0.2, 0) is 24.2 Å². The molecule has 0 radical (unpaired) electrons. The third-order valence-corrected chi connectivity index (χ3v) is 6.41. The quantitative estimate of drug-likeness (QED) is 0.457. The van der Waals surface area contributed by atoms with E-state index in [1.165, 1.54) is 23.3 Å². The minimum Gasteiger partial charge on any atom is -0.480 e. The van der Waals surface area contributed by atoms with Gasteiger partial charge in [-0.3, -0.25) is 4.79 Å². The Balaban J connectivity index is 1.45. The summed E-state index contributed by atoms with van der Waals surface area (Å²) in [6.07, 6.45) is 6.17. The standard InChI is InChI=1S/C21H22N4O4S/c26-10-15(21(28)29)25-19(27)13-7-5-12(6-8-13)9-22-18-17-14-3-1-2-4-16(14)30-20(17)24-11-23-18/h5-8,11,15,26H,1-4,9-10H2,(H,25,27)(H,28,29)(H,22,23,24). The summed E-state index contributed by atoms with van der Waals surface area (Å²) in [7, 11) is 0. The smallest absolute Gasteiger partial charge is 0.328 e. The molecule has 9 heteroatoms. The number of carboxylic acid groups (broad SMARTS) is 1. The summed E-state index contributed by atoms with van der Waals surface area (Å²) >= 11 is 1.75. The van der Waals surface area contributed by atoms with Gasteiger partial charge < -0.3 is 20.8 Å². The van der Waals surface area contributed by atoms with Crippen molar-refractivity contribution in [1.82, 2.24) is 15.3 Å². The van der Waals surface area contributed by atoms with Crippen LogP contribution in [0.5, 0.6) is 0 Å². The molecule has 8 nitrogen and oxygen atoms in total. The van der Waals surface area contributed by atoms with Gasteiger partial charge in [0.05, 0.1) is 12.0 Å². The number of benzene rings is 1. The second-order valence-corrected chi connectivity index (χ2v) is 8.29. The molecule has 2 heterocycles. The van der Waals surface area contributed by atoms with Crippen molar-refractivity contribution in [2.75, 3.05) is 11.9 Å². The third kappa shape index (κ3) is 4.12. The fourth-order valence-electron chi connectivity index (χ4n) is 3.61. The number of carbonyl (C=O) groups is 2. The number of aliphatic carboxylic acids is 1. The Bertz CT molecular complexity index is 1080. The normalized spacial score (nSPS) is 14.2. The first-order valence-corrected chi connectivity index (χ1v) is 10.6. The number of nitrogens with one attached hydrogen (secondary N) is 2. The zero-order chi connectivity index (χ0) is 21.1. The van der Waals surface area contributed by atoms with E-state index in [9.17, 15) is 9.59 Å². The molecular weight excluding hydrogens is 404 g/mol. The number of carboxylic acids is 1. The van der Waals surface area contributed by atoms with E-state index < -0.39 is 24.5 Å². The molecule has 1 unspecified atom stereocenters. The highest BCUT2D eigenvalue weighted by molar-refractivity contribution is 7.19. The number of thiophene rings is 1. The number of rotatable bonds is 7. The number of hydrogen-bond donors (Lipinski definition) is 4. The summed E-state index contributed by atoms with van der Waals surface area (Å²) < 4.78 is 0. The number of amides is 1. The van der Waals surface area contributed by atoms with E-state index in [0.717, 1.165) is 34.4 Å². The zero-order valence-corrected chi connectivity index (χ0v) is 17.0. The van der Waals surface area contributed by atoms with Crippen LogP contribution in [0, 0.1) is 0 Å². The molecule has 0 saturated heterocycles. The molecule has 0 aliphatic heterocycles. The lowest BCUT2D eigenvalue weighted by atomic mass is 9.97. The summed E-state index contributed by atoms with van der Waals surface area (Å²) in [6.45, 7) is -0.129. The van der Waals surface area contributed by atoms with Gasteiger partial charge in [0.1, 0.15) is 17.0 Å². The van der Waals surface area contributed by atoms with E-state index in [1.807, 2.05) is 0 Å². The number of anilines is 1. The van der Waals surface area contributed by atoms with Gasteiger partial charge in [-0.05, 0) is 48.9 Å². The fourth-order valence-corrected chi connectivity index (χ4v) is 4.84. The molecule has 30 heavy (non-hydrogen) atoms. The minimum absolute atomic E-state index is 0.329. The first-order chi connectivity index (χ1) is 14.6. The highest BCUT2D eigenvalue weighted by Gasteiger charge is 2.21. The number of nitrogens with zero attached hydrogens (tertiary/aromatic N) is 2. The van der Waals surface area contributed by atoms with Gasteiger partial charge in [-0.1, -0.05) is 12.1 Å². The second kappa shape index (κ2) is 8.76. The Morgan fingerprint density at radius 1 is 1.13 bits per heavy atom. The maximum absolute atomic E-state index is 12.1. The average molecular weight is 426 g/mol. The van der Waals surface area contributed by atoms with Gasteiger partial charge in [0.2, 0.25) is 0 Å². The van der Waals surface area contributed by atoms with Crippen LogP contribution in [0.4, 0.5) is 5.82 Å². The number of carbonyl (C=O) groups excluding carboxylic acids is 1. The van der Waals surface area contributed by atoms with E-state index in [-0.39, 0.29) is 0 Å². The van der Waals surface area contributed by atoms with Crippen LogP contribution in [0.2, 0.25) is 0 Å². The molecule has 1 amide bonds. The Morgan fingerprint density at radius 3 is 2.63 bits per heavy atom. The monoisotopic (exact) mass is 426 g/mol. The van der Waals surface area contributed by atoms with Gasteiger partial charge in [-0.25, -0.2) is 14.8 Å². The van der Waals surface area contributed by atoms with Crippen LogP contribution >= 0.6 is 11.3 Å². The van der Waals surface area contributed by atoms with Crippen LogP contribution in [0.25, 0.3) is 10.2 Å². The maximum Gasteiger partial charge on any atom is 0.328 e. The molecule has 3 aromatic rings. The maximum atomic E-state index is 12.1. The van der Waals surface area contributed by atoms with Crippen molar-refractivity contribution in [3.8, 4) is 0 Å². The first kappa shape index (κ1) is 20.2. The SMILES string of the molecule is O=C(NC(CO)C(=O)O)c1ccc(CNc2ncnc3sc4c(c23)CCCC4)cc1. The fraction of sp³-hybridized carbons (Fsp3) is 0.333. The van der Waals surface area contributed by atoms with Crippen molar-refractivity contribution in [3.05, 3.63) is 52.2 Å². The zero-order valence-electron chi connectivity index (χ0n) is 16.2. The van der Waals surface area contributed by atoms with Crippen LogP contribution in [0.3, 0.4) is 0 Å². The van der Waals surface area contributed by atoms with Crippen LogP contribution in [0.1, 0.15) is 39.2 Å². The number of hydrogen-bond acceptors (Lipinski definition) is 7. The molecule has 156 valence electrons. The highest BCUT2D eigenvalue weighted by Crippen LogP contribution is 2.38. The third-order valence-electron chi connectivity index (χ3n) is 5.21. The molecule has 0 spiro atoms. The molecule has 2 aromatic heterocycles. The molecule has 0 saturated carbocycles. The Labute approximate surface area is 177 Å². The first-order valence-electron chi connectivity index (χ1n) is 9.79. The van der Waals surface area contributed by atoms with Crippen molar-refractivity contribution < 1.29 is 19.8 Å². The van der Waals surface area contributed by atoms with Gasteiger partial charge in [-0.15, -0.1) is 11.3 Å². The Hall–Kier alpha value is -3.04. The highest BCUT2D eigenvalue weighted by atomic mass is 32.1. The molecule has 1 aliphatic carbocycles. The summed E-state index contributed by atoms with van der Waals surface area (Å²) in [6, 6.07) is 5.54. The average Bonchev–Trinajstić information content (AvgIpc) is 3.15. The largest absolute Gasteiger partial charge is 0.480 e. The molecule has 4 N–H and O–H groups in total. The predicted octanol–water partition coefficient (Wildman–Crippen LogP) is 2.36. The van der Waals surface area contributed by atoms with E-state index in [0.29, 0.717) is 12.1 Å². The molecule has 0 fully saturated rings. The van der Waals surface area contributed by atoms with E-state index in [1.54, 1.807) is 41.9 Å². The Kier molecular flexibility index (Phi) is 5.91. The van der Waals surface area contributed by atoms with Crippen LogP contribution < -0.4 is 10.6 Å². The lowest BCUT2D eigenvalue weighted by molar-refractivity contribution is -0.140. The second-order valence-electron chi connectivity index (χ2n) is 7.21. The lowest BCUT2D eigenvalue weighted by Crippen LogP contribution is -2.43. The number of aliphatic hydroxyl groups excluding tert-OH is 1. The molecule has 4 rings (SSSR count). The Morgan fingerprint density at radius 2 is 1.90 bits per heavy atom. The molecular formula is C21H22N4O4S. The van der Waals surface area contributed by atoms with Gasteiger partial charge in [0.15, 0.2) is 6.04 Å². The number of aliphatic hydroxyl groups is 1. The van der Waals surface area contributed by atoms with Gasteiger partial charge in [0, 0.05) is 17.0 Å². The van der Waals surface area contributed by atoms with Crippen molar-refractivity contribution in [3.63, 3.8) is 0 Å². The van der Waals surface area contributed by atoms with Crippen LogP contribution in [0.15, 0.2) is 30.6 Å². The lowest BCUT2D eigenvalue weighted by Gasteiger charge is -2.13. The summed E-state index contributed by atoms with van der Waals surface area (Å²) in [5.41, 5.74) is 2.65. The molecule has 1 aromatic carbocycles. The van der Waals surface area contributed by atoms with Crippen molar-refractivity contribution in [2.45, 2.75) is 38.3 Å². The summed E-state index contributed by atoms with van der Waals surface area (Å²) in [5, 5.41) is 24.8. The van der Waals surface area contributed by atoms with Crippen LogP contribution in [-0.4, -0.2) is 44.7 Å². The molecule has 0 bridgehead atoms. The van der Waals surface area contributed by atoms with Crippen molar-refractivity contribution >= 4 is 39.2 Å². The van der Waals surface area contributed by atoms with Gasteiger partial charge in [-0.2, -0.15) is 0 Å². The number of aromatic nitrogens is 2. The van der Waals surface area contributed by atoms with E-state index >= 15 is 0 Å². The summed E-state index contributed by atoms with van der Waals surface area (Å²) in [4.78, 5) is 34.4. The summed E-state index contributed by atoms with van der Waals surface area (Å²) in [5.74, 6) is -0.995. The van der Waals surface area contributed by atoms with Gasteiger partial charge >= 0.3 is 5.97 Å². The van der Waals surface area contributed by atoms with Crippen molar-refractivity contribution in [2.24, 2.45) is 0 Å². The van der Waals surface area contributed by atoms with Gasteiger partial charge in [0.25, 0.3) is 5.91 Å². The van der Waals surface area contributed by atoms with E-state index in [2.05, 4.69) is 20.6 Å². The topological polar surface area (TPSA) is 124 Å². The molecule has 1 aliphatic rings. The predicted molar refractivity (Wildman–Crippen MR) is 114 cm³/mol. The van der Waals surface area contributed by atoms with E-state index in [4.69, 9.17) is 10.2 Å². The number of aryl methyl sites for hydroxylation is 2. The number of fused-ring (bicyclic) bond motifs is 3. The molecule has 1 atom stereocenters.